The van der Waals surface area contributed by atoms with Gasteiger partial charge in [0.15, 0.2) is 0 Å². The van der Waals surface area contributed by atoms with E-state index in [0.29, 0.717) is 11.2 Å². The summed E-state index contributed by atoms with van der Waals surface area (Å²) in [5, 5.41) is 4.18. The molecule has 1 aromatic heterocycles. The lowest BCUT2D eigenvalue weighted by molar-refractivity contribution is 0.551. The monoisotopic (exact) mass is 293 g/mol. The molecule has 2 heterocycles. The van der Waals surface area contributed by atoms with Gasteiger partial charge in [-0.15, -0.1) is 0 Å². The third kappa shape index (κ3) is 4.38. The third-order valence-corrected chi connectivity index (χ3v) is 4.67. The van der Waals surface area contributed by atoms with E-state index in [-0.39, 0.29) is 0 Å². The molecule has 1 aliphatic rings. The Balaban J connectivity index is 1.98. The number of thioether (sulfide) groups is 1. The highest BCUT2D eigenvalue weighted by molar-refractivity contribution is 8.00. The van der Waals surface area contributed by atoms with Gasteiger partial charge < -0.3 is 10.2 Å². The second-order valence-electron chi connectivity index (χ2n) is 6.14. The van der Waals surface area contributed by atoms with E-state index in [9.17, 15) is 0 Å². The third-order valence-electron chi connectivity index (χ3n) is 3.53. The Morgan fingerprint density at radius 1 is 1.50 bits per heavy atom. The van der Waals surface area contributed by atoms with Crippen LogP contribution in [0, 0.1) is 12.8 Å². The fraction of sp³-hybridized carbons (Fsp3) is 0.688. The number of anilines is 1. The number of aromatic nitrogens is 1. The average Bonchev–Trinajstić information content (AvgIpc) is 2.38. The highest BCUT2D eigenvalue weighted by Crippen LogP contribution is 2.25. The van der Waals surface area contributed by atoms with Gasteiger partial charge in [-0.25, -0.2) is 4.98 Å². The molecule has 4 heteroatoms. The fourth-order valence-electron chi connectivity index (χ4n) is 2.57. The van der Waals surface area contributed by atoms with E-state index in [1.54, 1.807) is 0 Å². The second kappa shape index (κ2) is 7.32. The molecule has 1 aliphatic heterocycles. The van der Waals surface area contributed by atoms with Gasteiger partial charge in [-0.1, -0.05) is 20.8 Å². The molecule has 0 saturated carbocycles. The summed E-state index contributed by atoms with van der Waals surface area (Å²) >= 11 is 2.06. The lowest BCUT2D eigenvalue weighted by Crippen LogP contribution is -2.37. The molecular formula is C16H27N3S. The number of nitrogens with one attached hydrogen (secondary N) is 1. The smallest absolute Gasteiger partial charge is 0.131 e. The molecule has 0 radical (unpaired) electrons. The van der Waals surface area contributed by atoms with Gasteiger partial charge in [0.1, 0.15) is 5.82 Å². The minimum absolute atomic E-state index is 0.690. The Labute approximate surface area is 127 Å². The summed E-state index contributed by atoms with van der Waals surface area (Å²) < 4.78 is 0. The van der Waals surface area contributed by atoms with Crippen molar-refractivity contribution in [3.63, 3.8) is 0 Å². The Bertz CT molecular complexity index is 434. The molecule has 0 bridgehead atoms. The van der Waals surface area contributed by atoms with E-state index < -0.39 is 0 Å². The van der Waals surface area contributed by atoms with Gasteiger partial charge in [0.25, 0.3) is 0 Å². The molecule has 1 atom stereocenters. The maximum Gasteiger partial charge on any atom is 0.131 e. The summed E-state index contributed by atoms with van der Waals surface area (Å²) in [4.78, 5) is 7.14. The molecule has 112 valence electrons. The van der Waals surface area contributed by atoms with E-state index in [4.69, 9.17) is 4.98 Å². The standard InChI is InChI=1S/C16H27N3S/c1-12(2)8-17-9-15-7-13(3)16(18-10-15)19-5-6-20-14(4)11-19/h7,10,12,14,17H,5-6,8-9,11H2,1-4H3. The van der Waals surface area contributed by atoms with Crippen molar-refractivity contribution in [2.45, 2.75) is 39.5 Å². The summed E-state index contributed by atoms with van der Waals surface area (Å²) in [5.41, 5.74) is 2.58. The quantitative estimate of drug-likeness (QED) is 0.903. The lowest BCUT2D eigenvalue weighted by Gasteiger charge is -2.32. The van der Waals surface area contributed by atoms with Crippen LogP contribution in [0.15, 0.2) is 12.3 Å². The molecule has 1 N–H and O–H groups in total. The van der Waals surface area contributed by atoms with E-state index in [1.807, 2.05) is 6.20 Å². The number of aryl methyl sites for hydroxylation is 1. The normalized spacial score (nSPS) is 19.6. The van der Waals surface area contributed by atoms with Gasteiger partial charge in [-0.2, -0.15) is 11.8 Å². The van der Waals surface area contributed by atoms with E-state index in [0.717, 1.165) is 26.2 Å². The Kier molecular flexibility index (Phi) is 5.73. The highest BCUT2D eigenvalue weighted by atomic mass is 32.2. The molecule has 20 heavy (non-hydrogen) atoms. The van der Waals surface area contributed by atoms with Crippen LogP contribution in [0.4, 0.5) is 5.82 Å². The second-order valence-corrected chi connectivity index (χ2v) is 7.68. The largest absolute Gasteiger partial charge is 0.354 e. The summed E-state index contributed by atoms with van der Waals surface area (Å²) in [6.07, 6.45) is 2.03. The van der Waals surface area contributed by atoms with Crippen LogP contribution in [-0.2, 0) is 6.54 Å². The van der Waals surface area contributed by atoms with Gasteiger partial charge in [0.2, 0.25) is 0 Å². The molecule has 1 unspecified atom stereocenters. The first-order valence-corrected chi connectivity index (χ1v) is 8.64. The summed E-state index contributed by atoms with van der Waals surface area (Å²) in [5.74, 6) is 3.07. The molecule has 0 amide bonds. The van der Waals surface area contributed by atoms with E-state index in [1.165, 1.54) is 22.7 Å². The zero-order chi connectivity index (χ0) is 14.5. The first-order chi connectivity index (χ1) is 9.56. The van der Waals surface area contributed by atoms with Crippen LogP contribution in [0.2, 0.25) is 0 Å². The molecule has 0 aliphatic carbocycles. The summed E-state index contributed by atoms with van der Waals surface area (Å²) in [6, 6.07) is 2.28. The zero-order valence-corrected chi connectivity index (χ0v) is 14.0. The van der Waals surface area contributed by atoms with Crippen LogP contribution < -0.4 is 10.2 Å². The van der Waals surface area contributed by atoms with Gasteiger partial charge in [0.05, 0.1) is 0 Å². The SMILES string of the molecule is Cc1cc(CNCC(C)C)cnc1N1CCSC(C)C1. The van der Waals surface area contributed by atoms with Crippen molar-refractivity contribution in [1.29, 1.82) is 0 Å². The molecule has 0 aromatic carbocycles. The van der Waals surface area contributed by atoms with E-state index in [2.05, 4.69) is 55.7 Å². The number of pyridine rings is 1. The Morgan fingerprint density at radius 3 is 2.95 bits per heavy atom. The molecule has 1 fully saturated rings. The van der Waals surface area contributed by atoms with Crippen LogP contribution in [0.5, 0.6) is 0 Å². The van der Waals surface area contributed by atoms with E-state index >= 15 is 0 Å². The van der Waals surface area contributed by atoms with Crippen LogP contribution in [0.25, 0.3) is 0 Å². The van der Waals surface area contributed by atoms with Gasteiger partial charge in [-0.3, -0.25) is 0 Å². The minimum atomic E-state index is 0.690. The lowest BCUT2D eigenvalue weighted by atomic mass is 10.1. The van der Waals surface area contributed by atoms with Crippen molar-refractivity contribution in [1.82, 2.24) is 10.3 Å². The predicted molar refractivity (Wildman–Crippen MR) is 89.7 cm³/mol. The van der Waals surface area contributed by atoms with Crippen molar-refractivity contribution in [2.24, 2.45) is 5.92 Å². The molecule has 2 rings (SSSR count). The van der Waals surface area contributed by atoms with Crippen LogP contribution in [-0.4, -0.2) is 35.6 Å². The Morgan fingerprint density at radius 2 is 2.30 bits per heavy atom. The molecule has 0 spiro atoms. The molecule has 3 nitrogen and oxygen atoms in total. The van der Waals surface area contributed by atoms with Crippen LogP contribution in [0.1, 0.15) is 31.9 Å². The van der Waals surface area contributed by atoms with Crippen molar-refractivity contribution in [2.75, 3.05) is 30.3 Å². The van der Waals surface area contributed by atoms with Crippen molar-refractivity contribution in [3.05, 3.63) is 23.4 Å². The Hall–Kier alpha value is -0.740. The van der Waals surface area contributed by atoms with Gasteiger partial charge in [0, 0.05) is 36.8 Å². The minimum Gasteiger partial charge on any atom is -0.354 e. The van der Waals surface area contributed by atoms with Crippen LogP contribution in [0.3, 0.4) is 0 Å². The first kappa shape index (κ1) is 15.6. The van der Waals surface area contributed by atoms with Crippen LogP contribution >= 0.6 is 11.8 Å². The van der Waals surface area contributed by atoms with Gasteiger partial charge >= 0.3 is 0 Å². The summed E-state index contributed by atoms with van der Waals surface area (Å²) in [7, 11) is 0. The average molecular weight is 293 g/mol. The molecular weight excluding hydrogens is 266 g/mol. The fourth-order valence-corrected chi connectivity index (χ4v) is 3.58. The van der Waals surface area contributed by atoms with Crippen molar-refractivity contribution >= 4 is 17.6 Å². The number of hydrogen-bond acceptors (Lipinski definition) is 4. The zero-order valence-electron chi connectivity index (χ0n) is 13.1. The number of hydrogen-bond donors (Lipinski definition) is 1. The first-order valence-electron chi connectivity index (χ1n) is 7.59. The summed E-state index contributed by atoms with van der Waals surface area (Å²) in [6.45, 7) is 13.2. The van der Waals surface area contributed by atoms with Crippen molar-refractivity contribution < 1.29 is 0 Å². The highest BCUT2D eigenvalue weighted by Gasteiger charge is 2.19. The number of nitrogens with zero attached hydrogens (tertiary/aromatic N) is 2. The molecule has 1 saturated heterocycles. The number of rotatable bonds is 5. The molecule has 1 aromatic rings. The maximum atomic E-state index is 4.71. The van der Waals surface area contributed by atoms with Gasteiger partial charge in [-0.05, 0) is 36.6 Å². The predicted octanol–water partition coefficient (Wildman–Crippen LogP) is 3.08. The topological polar surface area (TPSA) is 28.2 Å². The maximum absolute atomic E-state index is 4.71. The van der Waals surface area contributed by atoms with Crippen molar-refractivity contribution in [3.8, 4) is 0 Å².